The Morgan fingerprint density at radius 2 is 1.88 bits per heavy atom. The third-order valence-electron chi connectivity index (χ3n) is 4.13. The van der Waals surface area contributed by atoms with Crippen molar-refractivity contribution in [1.29, 1.82) is 0 Å². The molecule has 0 spiro atoms. The summed E-state index contributed by atoms with van der Waals surface area (Å²) in [4.78, 5) is 25.3. The van der Waals surface area contributed by atoms with Crippen molar-refractivity contribution < 1.29 is 19.2 Å². The van der Waals surface area contributed by atoms with Crippen LogP contribution in [0.1, 0.15) is 10.4 Å². The quantitative estimate of drug-likeness (QED) is 0.653. The van der Waals surface area contributed by atoms with Crippen molar-refractivity contribution in [3.05, 3.63) is 58.1 Å². The second-order valence-corrected chi connectivity index (χ2v) is 5.74. The maximum Gasteiger partial charge on any atom is 0.293 e. The Labute approximate surface area is 150 Å². The Kier molecular flexibility index (Phi) is 5.33. The summed E-state index contributed by atoms with van der Waals surface area (Å²) in [6, 6.07) is 11.4. The number of morpholine rings is 1. The molecule has 0 aromatic heterocycles. The van der Waals surface area contributed by atoms with Gasteiger partial charge in [-0.05, 0) is 36.4 Å². The minimum atomic E-state index is -0.463. The Hall–Kier alpha value is -3.13. The number of ether oxygens (including phenoxy) is 2. The monoisotopic (exact) mass is 357 g/mol. The number of nitrogens with zero attached hydrogens (tertiary/aromatic N) is 2. The average molecular weight is 357 g/mol. The van der Waals surface area contributed by atoms with Gasteiger partial charge >= 0.3 is 0 Å². The highest BCUT2D eigenvalue weighted by molar-refractivity contribution is 6.05. The molecule has 136 valence electrons. The maximum absolute atomic E-state index is 12.4. The lowest BCUT2D eigenvalue weighted by Gasteiger charge is -2.28. The first kappa shape index (κ1) is 17.7. The van der Waals surface area contributed by atoms with E-state index < -0.39 is 10.8 Å². The highest BCUT2D eigenvalue weighted by atomic mass is 16.6. The van der Waals surface area contributed by atoms with Crippen LogP contribution in [0.5, 0.6) is 5.75 Å². The first-order valence-electron chi connectivity index (χ1n) is 8.15. The SMILES string of the molecule is COc1ccc(NC(=O)c2ccc(N3CCOCC3)c([N+](=O)[O-])c2)cc1. The third kappa shape index (κ3) is 3.92. The van der Waals surface area contributed by atoms with Gasteiger partial charge in [0.1, 0.15) is 11.4 Å². The van der Waals surface area contributed by atoms with Crippen LogP contribution in [0, 0.1) is 10.1 Å². The second-order valence-electron chi connectivity index (χ2n) is 5.74. The zero-order valence-electron chi connectivity index (χ0n) is 14.3. The summed E-state index contributed by atoms with van der Waals surface area (Å²) < 4.78 is 10.4. The zero-order valence-corrected chi connectivity index (χ0v) is 14.3. The van der Waals surface area contributed by atoms with Crippen LogP contribution in [-0.2, 0) is 4.74 Å². The Morgan fingerprint density at radius 1 is 1.19 bits per heavy atom. The molecule has 1 amide bonds. The van der Waals surface area contributed by atoms with Crippen molar-refractivity contribution in [3.8, 4) is 5.75 Å². The fourth-order valence-electron chi connectivity index (χ4n) is 2.76. The van der Waals surface area contributed by atoms with Crippen molar-refractivity contribution in [2.24, 2.45) is 0 Å². The lowest BCUT2D eigenvalue weighted by Crippen LogP contribution is -2.36. The van der Waals surface area contributed by atoms with Crippen LogP contribution >= 0.6 is 0 Å². The lowest BCUT2D eigenvalue weighted by molar-refractivity contribution is -0.384. The molecular weight excluding hydrogens is 338 g/mol. The van der Waals surface area contributed by atoms with E-state index in [-0.39, 0.29) is 11.3 Å². The number of nitrogens with one attached hydrogen (secondary N) is 1. The van der Waals surface area contributed by atoms with E-state index in [1.54, 1.807) is 43.5 Å². The summed E-state index contributed by atoms with van der Waals surface area (Å²) in [5.74, 6) is 0.264. The molecule has 0 radical (unpaired) electrons. The molecule has 0 saturated carbocycles. The fourth-order valence-corrected chi connectivity index (χ4v) is 2.76. The smallest absolute Gasteiger partial charge is 0.293 e. The minimum Gasteiger partial charge on any atom is -0.497 e. The molecule has 0 aliphatic carbocycles. The predicted octanol–water partition coefficient (Wildman–Crippen LogP) is 2.69. The molecular formula is C18H19N3O5. The third-order valence-corrected chi connectivity index (χ3v) is 4.13. The van der Waals surface area contributed by atoms with Crippen molar-refractivity contribution in [3.63, 3.8) is 0 Å². The van der Waals surface area contributed by atoms with Gasteiger partial charge in [-0.25, -0.2) is 0 Å². The molecule has 8 heteroatoms. The van der Waals surface area contributed by atoms with Crippen molar-refractivity contribution in [2.45, 2.75) is 0 Å². The van der Waals surface area contributed by atoms with E-state index in [0.29, 0.717) is 43.4 Å². The van der Waals surface area contributed by atoms with Gasteiger partial charge in [0.25, 0.3) is 11.6 Å². The van der Waals surface area contributed by atoms with Crippen LogP contribution < -0.4 is 15.0 Å². The van der Waals surface area contributed by atoms with E-state index in [9.17, 15) is 14.9 Å². The molecule has 1 heterocycles. The number of nitro benzene ring substituents is 1. The van der Waals surface area contributed by atoms with Crippen LogP contribution in [0.3, 0.4) is 0 Å². The van der Waals surface area contributed by atoms with Gasteiger partial charge in [0.2, 0.25) is 0 Å². The summed E-state index contributed by atoms with van der Waals surface area (Å²) in [6.07, 6.45) is 0. The number of amides is 1. The Balaban J connectivity index is 1.81. The topological polar surface area (TPSA) is 93.9 Å². The number of anilines is 2. The molecule has 8 nitrogen and oxygen atoms in total. The van der Waals surface area contributed by atoms with Crippen LogP contribution in [0.15, 0.2) is 42.5 Å². The second kappa shape index (κ2) is 7.83. The summed E-state index contributed by atoms with van der Waals surface area (Å²) in [5, 5.41) is 14.2. The van der Waals surface area contributed by atoms with Crippen molar-refractivity contribution in [2.75, 3.05) is 43.6 Å². The Bertz CT molecular complexity index is 801. The molecule has 2 aromatic carbocycles. The predicted molar refractivity (Wildman–Crippen MR) is 97.1 cm³/mol. The van der Waals surface area contributed by atoms with Gasteiger partial charge in [0.15, 0.2) is 0 Å². The standard InChI is InChI=1S/C18H19N3O5/c1-25-15-5-3-14(4-6-15)19-18(22)13-2-7-16(17(12-13)21(23)24)20-8-10-26-11-9-20/h2-7,12H,8-11H2,1H3,(H,19,22). The zero-order chi connectivity index (χ0) is 18.5. The molecule has 3 rings (SSSR count). The molecule has 1 fully saturated rings. The van der Waals surface area contributed by atoms with E-state index in [0.717, 1.165) is 0 Å². The van der Waals surface area contributed by atoms with Gasteiger partial charge in [-0.1, -0.05) is 0 Å². The van der Waals surface area contributed by atoms with Crippen LogP contribution in [-0.4, -0.2) is 44.2 Å². The van der Waals surface area contributed by atoms with E-state index in [1.807, 2.05) is 4.90 Å². The van der Waals surface area contributed by atoms with Gasteiger partial charge in [-0.3, -0.25) is 14.9 Å². The van der Waals surface area contributed by atoms with Gasteiger partial charge in [-0.15, -0.1) is 0 Å². The number of nitro groups is 1. The van der Waals surface area contributed by atoms with Gasteiger partial charge in [0, 0.05) is 30.4 Å². The summed E-state index contributed by atoms with van der Waals surface area (Å²) >= 11 is 0. The molecule has 1 saturated heterocycles. The van der Waals surface area contributed by atoms with Crippen molar-refractivity contribution in [1.82, 2.24) is 0 Å². The highest BCUT2D eigenvalue weighted by Gasteiger charge is 2.23. The maximum atomic E-state index is 12.4. The molecule has 0 bridgehead atoms. The summed E-state index contributed by atoms with van der Waals surface area (Å²) in [6.45, 7) is 2.21. The minimum absolute atomic E-state index is 0.0886. The highest BCUT2D eigenvalue weighted by Crippen LogP contribution is 2.30. The molecule has 0 unspecified atom stereocenters. The van der Waals surface area contributed by atoms with Gasteiger partial charge in [0.05, 0.1) is 25.2 Å². The summed E-state index contributed by atoms with van der Waals surface area (Å²) in [7, 11) is 1.56. The van der Waals surface area contributed by atoms with E-state index in [4.69, 9.17) is 9.47 Å². The number of benzene rings is 2. The van der Waals surface area contributed by atoms with E-state index in [2.05, 4.69) is 5.32 Å². The van der Waals surface area contributed by atoms with Crippen LogP contribution in [0.4, 0.5) is 17.1 Å². The molecule has 2 aromatic rings. The molecule has 1 N–H and O–H groups in total. The molecule has 26 heavy (non-hydrogen) atoms. The molecule has 1 aliphatic rings. The first-order chi connectivity index (χ1) is 12.6. The number of hydrogen-bond donors (Lipinski definition) is 1. The number of hydrogen-bond acceptors (Lipinski definition) is 6. The van der Waals surface area contributed by atoms with E-state index in [1.165, 1.54) is 6.07 Å². The molecule has 1 aliphatic heterocycles. The Morgan fingerprint density at radius 3 is 2.50 bits per heavy atom. The van der Waals surface area contributed by atoms with Gasteiger partial charge < -0.3 is 19.7 Å². The van der Waals surface area contributed by atoms with Crippen LogP contribution in [0.25, 0.3) is 0 Å². The number of carbonyl (C=O) groups excluding carboxylic acids is 1. The number of methoxy groups -OCH3 is 1. The lowest BCUT2D eigenvalue weighted by atomic mass is 10.1. The number of rotatable bonds is 5. The first-order valence-corrected chi connectivity index (χ1v) is 8.15. The summed E-state index contributed by atoms with van der Waals surface area (Å²) in [5.41, 5.74) is 1.22. The average Bonchev–Trinajstić information content (AvgIpc) is 2.68. The number of carbonyl (C=O) groups is 1. The van der Waals surface area contributed by atoms with Gasteiger partial charge in [-0.2, -0.15) is 0 Å². The fraction of sp³-hybridized carbons (Fsp3) is 0.278. The molecule has 0 atom stereocenters. The normalized spacial score (nSPS) is 14.0. The largest absolute Gasteiger partial charge is 0.497 e. The van der Waals surface area contributed by atoms with E-state index >= 15 is 0 Å². The van der Waals surface area contributed by atoms with Crippen LogP contribution in [0.2, 0.25) is 0 Å². The van der Waals surface area contributed by atoms with Crippen molar-refractivity contribution >= 4 is 23.0 Å².